The van der Waals surface area contributed by atoms with E-state index in [0.29, 0.717) is 33.1 Å². The van der Waals surface area contributed by atoms with Crippen molar-refractivity contribution in [3.63, 3.8) is 0 Å². The van der Waals surface area contributed by atoms with Crippen molar-refractivity contribution < 1.29 is 4.39 Å². The van der Waals surface area contributed by atoms with Crippen LogP contribution in [0, 0.1) is 5.82 Å². The summed E-state index contributed by atoms with van der Waals surface area (Å²) in [6.45, 7) is 0. The monoisotopic (exact) mass is 261 g/mol. The van der Waals surface area contributed by atoms with E-state index in [1.165, 1.54) is 12.1 Å². The average molecular weight is 262 g/mol. The molecule has 90 valence electrons. The van der Waals surface area contributed by atoms with Gasteiger partial charge in [0, 0.05) is 5.56 Å². The summed E-state index contributed by atoms with van der Waals surface area (Å²) in [5.74, 6) is 0.271. The molecule has 0 amide bonds. The van der Waals surface area contributed by atoms with E-state index in [1.54, 1.807) is 18.2 Å². The number of nitrogens with two attached hydrogens (primary N) is 1. The molecular weight excluding hydrogens is 253 g/mol. The first-order chi connectivity index (χ1) is 8.65. The van der Waals surface area contributed by atoms with Gasteiger partial charge < -0.3 is 10.7 Å². The molecule has 0 aliphatic heterocycles. The Labute approximate surface area is 107 Å². The molecule has 0 aliphatic rings. The van der Waals surface area contributed by atoms with E-state index in [9.17, 15) is 4.39 Å². The van der Waals surface area contributed by atoms with Crippen molar-refractivity contribution in [1.29, 1.82) is 0 Å². The van der Waals surface area contributed by atoms with Crippen molar-refractivity contribution in [2.45, 2.75) is 0 Å². The van der Waals surface area contributed by atoms with Crippen molar-refractivity contribution in [3.05, 3.63) is 47.2 Å². The maximum Gasteiger partial charge on any atom is 0.140 e. The van der Waals surface area contributed by atoms with E-state index in [0.717, 1.165) is 0 Å². The first-order valence-electron chi connectivity index (χ1n) is 5.35. The smallest absolute Gasteiger partial charge is 0.140 e. The molecule has 3 N–H and O–H groups in total. The Bertz CT molecular complexity index is 736. The predicted octanol–water partition coefficient (Wildman–Crippen LogP) is 3.60. The number of anilines is 1. The van der Waals surface area contributed by atoms with Crippen LogP contribution in [0.5, 0.6) is 0 Å². The maximum absolute atomic E-state index is 13.1. The van der Waals surface area contributed by atoms with Crippen LogP contribution in [0.25, 0.3) is 22.4 Å². The van der Waals surface area contributed by atoms with E-state index in [-0.39, 0.29) is 5.82 Å². The Kier molecular flexibility index (Phi) is 2.45. The van der Waals surface area contributed by atoms with Crippen molar-refractivity contribution in [3.8, 4) is 11.4 Å². The number of para-hydroxylation sites is 1. The van der Waals surface area contributed by atoms with E-state index in [1.807, 2.05) is 6.07 Å². The lowest BCUT2D eigenvalue weighted by Gasteiger charge is -2.03. The van der Waals surface area contributed by atoms with Crippen LogP contribution in [0.2, 0.25) is 5.02 Å². The molecule has 0 radical (unpaired) electrons. The third kappa shape index (κ3) is 1.71. The Hall–Kier alpha value is -2.07. The lowest BCUT2D eigenvalue weighted by molar-refractivity contribution is 0.629. The summed E-state index contributed by atoms with van der Waals surface area (Å²) < 4.78 is 13.1. The SMILES string of the molecule is Nc1c(Cl)cccc1-c1nc2ccc(F)cc2[nH]1. The second-order valence-corrected chi connectivity index (χ2v) is 4.36. The molecule has 0 saturated heterocycles. The van der Waals surface area contributed by atoms with Crippen LogP contribution in [0.4, 0.5) is 10.1 Å². The number of benzene rings is 2. The van der Waals surface area contributed by atoms with Crippen LogP contribution < -0.4 is 5.73 Å². The van der Waals surface area contributed by atoms with Crippen molar-refractivity contribution in [2.24, 2.45) is 0 Å². The van der Waals surface area contributed by atoms with Gasteiger partial charge in [-0.15, -0.1) is 0 Å². The highest BCUT2D eigenvalue weighted by molar-refractivity contribution is 6.33. The summed E-state index contributed by atoms with van der Waals surface area (Å²) in [4.78, 5) is 7.40. The minimum atomic E-state index is -0.309. The van der Waals surface area contributed by atoms with Gasteiger partial charge in [0.05, 0.1) is 21.7 Å². The quantitative estimate of drug-likeness (QED) is 0.658. The van der Waals surface area contributed by atoms with Gasteiger partial charge in [-0.25, -0.2) is 9.37 Å². The van der Waals surface area contributed by atoms with Crippen LogP contribution in [0.1, 0.15) is 0 Å². The van der Waals surface area contributed by atoms with E-state index in [2.05, 4.69) is 9.97 Å². The summed E-state index contributed by atoms with van der Waals surface area (Å²) in [5, 5.41) is 0.471. The van der Waals surface area contributed by atoms with Gasteiger partial charge in [-0.1, -0.05) is 17.7 Å². The molecule has 1 aromatic heterocycles. The third-order valence-electron chi connectivity index (χ3n) is 2.75. The zero-order valence-corrected chi connectivity index (χ0v) is 10.0. The highest BCUT2D eigenvalue weighted by Gasteiger charge is 2.10. The van der Waals surface area contributed by atoms with Gasteiger partial charge in [-0.2, -0.15) is 0 Å². The maximum atomic E-state index is 13.1. The summed E-state index contributed by atoms with van der Waals surface area (Å²) >= 11 is 5.96. The van der Waals surface area contributed by atoms with E-state index >= 15 is 0 Å². The summed E-state index contributed by atoms with van der Waals surface area (Å²) in [7, 11) is 0. The van der Waals surface area contributed by atoms with Gasteiger partial charge in [-0.05, 0) is 30.3 Å². The number of rotatable bonds is 1. The topological polar surface area (TPSA) is 54.7 Å². The highest BCUT2D eigenvalue weighted by atomic mass is 35.5. The van der Waals surface area contributed by atoms with Gasteiger partial charge in [0.25, 0.3) is 0 Å². The number of hydrogen-bond donors (Lipinski definition) is 2. The molecule has 0 aliphatic carbocycles. The van der Waals surface area contributed by atoms with Gasteiger partial charge in [0.1, 0.15) is 11.6 Å². The lowest BCUT2D eigenvalue weighted by Crippen LogP contribution is -1.92. The molecule has 0 fully saturated rings. The van der Waals surface area contributed by atoms with Crippen LogP contribution in [-0.4, -0.2) is 9.97 Å². The minimum Gasteiger partial charge on any atom is -0.397 e. The molecule has 5 heteroatoms. The fourth-order valence-electron chi connectivity index (χ4n) is 1.85. The number of imidazole rings is 1. The number of nitrogens with one attached hydrogen (secondary N) is 1. The number of H-pyrrole nitrogens is 1. The van der Waals surface area contributed by atoms with E-state index in [4.69, 9.17) is 17.3 Å². The number of fused-ring (bicyclic) bond motifs is 1. The fourth-order valence-corrected chi connectivity index (χ4v) is 2.03. The molecule has 1 heterocycles. The van der Waals surface area contributed by atoms with Crippen LogP contribution >= 0.6 is 11.6 Å². The number of nitrogen functional groups attached to an aromatic ring is 1. The number of hydrogen-bond acceptors (Lipinski definition) is 2. The second kappa shape index (κ2) is 3.99. The molecular formula is C13H9ClFN3. The average Bonchev–Trinajstić information content (AvgIpc) is 2.75. The first-order valence-corrected chi connectivity index (χ1v) is 5.72. The van der Waals surface area contributed by atoms with Crippen LogP contribution in [-0.2, 0) is 0 Å². The second-order valence-electron chi connectivity index (χ2n) is 3.95. The third-order valence-corrected chi connectivity index (χ3v) is 3.08. The number of halogens is 2. The minimum absolute atomic E-state index is 0.309. The lowest BCUT2D eigenvalue weighted by atomic mass is 10.2. The molecule has 0 unspecified atom stereocenters. The summed E-state index contributed by atoms with van der Waals surface area (Å²) in [6.07, 6.45) is 0. The molecule has 0 bridgehead atoms. The molecule has 0 spiro atoms. The van der Waals surface area contributed by atoms with Gasteiger partial charge >= 0.3 is 0 Å². The fraction of sp³-hybridized carbons (Fsp3) is 0. The molecule has 18 heavy (non-hydrogen) atoms. The zero-order valence-electron chi connectivity index (χ0n) is 9.24. The highest BCUT2D eigenvalue weighted by Crippen LogP contribution is 2.30. The molecule has 0 atom stereocenters. The molecule has 3 nitrogen and oxygen atoms in total. The normalized spacial score (nSPS) is 11.0. The summed E-state index contributed by atoms with van der Waals surface area (Å²) in [6, 6.07) is 9.70. The number of aromatic amines is 1. The Morgan fingerprint density at radius 2 is 2.06 bits per heavy atom. The molecule has 3 aromatic rings. The Morgan fingerprint density at radius 3 is 2.89 bits per heavy atom. The number of aromatic nitrogens is 2. The molecule has 3 rings (SSSR count). The van der Waals surface area contributed by atoms with Crippen molar-refractivity contribution in [1.82, 2.24) is 9.97 Å². The standard InChI is InChI=1S/C13H9ClFN3/c14-9-3-1-2-8(12(9)16)13-17-10-5-4-7(15)6-11(10)18-13/h1-6H,16H2,(H,17,18). The predicted molar refractivity (Wildman–Crippen MR) is 70.9 cm³/mol. The number of nitrogens with zero attached hydrogens (tertiary/aromatic N) is 1. The van der Waals surface area contributed by atoms with Crippen molar-refractivity contribution >= 4 is 28.3 Å². The first kappa shape index (κ1) is 11.0. The molecule has 2 aromatic carbocycles. The van der Waals surface area contributed by atoms with E-state index < -0.39 is 0 Å². The van der Waals surface area contributed by atoms with Crippen LogP contribution in [0.3, 0.4) is 0 Å². The van der Waals surface area contributed by atoms with Crippen molar-refractivity contribution in [2.75, 3.05) is 5.73 Å². The van der Waals surface area contributed by atoms with Gasteiger partial charge in [-0.3, -0.25) is 0 Å². The zero-order chi connectivity index (χ0) is 12.7. The van der Waals surface area contributed by atoms with Gasteiger partial charge in [0.2, 0.25) is 0 Å². The van der Waals surface area contributed by atoms with Gasteiger partial charge in [0.15, 0.2) is 0 Å². The largest absolute Gasteiger partial charge is 0.397 e. The summed E-state index contributed by atoms with van der Waals surface area (Å²) in [5.41, 5.74) is 8.38. The molecule has 0 saturated carbocycles. The Balaban J connectivity index is 2.22. The van der Waals surface area contributed by atoms with Crippen LogP contribution in [0.15, 0.2) is 36.4 Å². The Morgan fingerprint density at radius 1 is 1.22 bits per heavy atom.